The van der Waals surface area contributed by atoms with E-state index >= 15 is 0 Å². The van der Waals surface area contributed by atoms with E-state index in [1.54, 1.807) is 12.1 Å². The van der Waals surface area contributed by atoms with Gasteiger partial charge in [-0.15, -0.1) is 0 Å². The van der Waals surface area contributed by atoms with Gasteiger partial charge in [0.15, 0.2) is 0 Å². The number of allylic oxidation sites excluding steroid dienone is 1. The van der Waals surface area contributed by atoms with Crippen LogP contribution in [0.1, 0.15) is 5.56 Å². The van der Waals surface area contributed by atoms with Gasteiger partial charge in [-0.05, 0) is 24.3 Å². The Morgan fingerprint density at radius 3 is 2.31 bits per heavy atom. The molecule has 0 heterocycles. The van der Waals surface area contributed by atoms with Crippen LogP contribution in [0.25, 0.3) is 6.08 Å². The quantitative estimate of drug-likeness (QED) is 0.432. The first-order chi connectivity index (χ1) is 6.16. The largest absolute Gasteiger partial charge is 0.299 e. The standard InChI is InChI=1S/C9H5Cl3O/c10-7-3-4-8(11)9(12)6(7)2-1-5-13/h1-5H. The van der Waals surface area contributed by atoms with Crippen LogP contribution in [0.15, 0.2) is 18.2 Å². The monoisotopic (exact) mass is 234 g/mol. The molecule has 0 bridgehead atoms. The summed E-state index contributed by atoms with van der Waals surface area (Å²) in [5, 5.41) is 1.23. The summed E-state index contributed by atoms with van der Waals surface area (Å²) in [5.74, 6) is 0. The minimum atomic E-state index is 0.354. The second-order valence-electron chi connectivity index (χ2n) is 2.25. The van der Waals surface area contributed by atoms with Crippen molar-refractivity contribution >= 4 is 47.2 Å². The fraction of sp³-hybridized carbons (Fsp3) is 0. The van der Waals surface area contributed by atoms with Gasteiger partial charge in [-0.25, -0.2) is 0 Å². The first-order valence-corrected chi connectivity index (χ1v) is 4.55. The van der Waals surface area contributed by atoms with Crippen LogP contribution in [-0.4, -0.2) is 6.29 Å². The highest BCUT2D eigenvalue weighted by molar-refractivity contribution is 6.44. The number of benzene rings is 1. The number of halogens is 3. The Hall–Kier alpha value is -0.500. The molecule has 0 saturated heterocycles. The van der Waals surface area contributed by atoms with E-state index in [1.165, 1.54) is 12.2 Å². The first-order valence-electron chi connectivity index (χ1n) is 3.42. The van der Waals surface area contributed by atoms with Gasteiger partial charge in [0.1, 0.15) is 6.29 Å². The third-order valence-electron chi connectivity index (χ3n) is 1.42. The Morgan fingerprint density at radius 1 is 1.08 bits per heavy atom. The molecule has 0 atom stereocenters. The molecule has 1 aromatic rings. The van der Waals surface area contributed by atoms with Crippen LogP contribution in [0.5, 0.6) is 0 Å². The number of carbonyl (C=O) groups is 1. The summed E-state index contributed by atoms with van der Waals surface area (Å²) in [7, 11) is 0. The number of carbonyl (C=O) groups excluding carboxylic acids is 1. The molecular weight excluding hydrogens is 230 g/mol. The van der Waals surface area contributed by atoms with Crippen LogP contribution in [0.2, 0.25) is 15.1 Å². The molecule has 0 aliphatic heterocycles. The van der Waals surface area contributed by atoms with Crippen molar-refractivity contribution in [2.75, 3.05) is 0 Å². The topological polar surface area (TPSA) is 17.1 Å². The van der Waals surface area contributed by atoms with Crippen LogP contribution in [0, 0.1) is 0 Å². The highest BCUT2D eigenvalue weighted by Crippen LogP contribution is 2.32. The lowest BCUT2D eigenvalue weighted by atomic mass is 10.2. The molecule has 1 nitrogen and oxygen atoms in total. The molecule has 0 unspecified atom stereocenters. The maximum atomic E-state index is 10.1. The molecule has 0 amide bonds. The maximum absolute atomic E-state index is 10.1. The van der Waals surface area contributed by atoms with Gasteiger partial charge in [0.25, 0.3) is 0 Å². The summed E-state index contributed by atoms with van der Waals surface area (Å²) in [6, 6.07) is 3.23. The molecule has 1 aromatic carbocycles. The van der Waals surface area contributed by atoms with Crippen LogP contribution < -0.4 is 0 Å². The summed E-state index contributed by atoms with van der Waals surface area (Å²) in [6.45, 7) is 0. The van der Waals surface area contributed by atoms with Gasteiger partial charge in [-0.2, -0.15) is 0 Å². The van der Waals surface area contributed by atoms with Crippen molar-refractivity contribution in [2.24, 2.45) is 0 Å². The summed E-state index contributed by atoms with van der Waals surface area (Å²) in [4.78, 5) is 10.1. The lowest BCUT2D eigenvalue weighted by Crippen LogP contribution is -1.79. The lowest BCUT2D eigenvalue weighted by molar-refractivity contribution is -0.104. The van der Waals surface area contributed by atoms with Crippen LogP contribution in [0.4, 0.5) is 0 Å². The Morgan fingerprint density at radius 2 is 1.69 bits per heavy atom. The molecule has 68 valence electrons. The van der Waals surface area contributed by atoms with E-state index in [0.717, 1.165) is 0 Å². The number of hydrogen-bond donors (Lipinski definition) is 0. The van der Waals surface area contributed by atoms with Crippen LogP contribution in [-0.2, 0) is 4.79 Å². The SMILES string of the molecule is O=CC=Cc1c(Cl)ccc(Cl)c1Cl. The Balaban J connectivity index is 3.25. The third-order valence-corrected chi connectivity index (χ3v) is 2.57. The summed E-state index contributed by atoms with van der Waals surface area (Å²) in [6.07, 6.45) is 3.47. The fourth-order valence-corrected chi connectivity index (χ4v) is 1.49. The molecule has 13 heavy (non-hydrogen) atoms. The van der Waals surface area contributed by atoms with Gasteiger partial charge < -0.3 is 0 Å². The normalized spacial score (nSPS) is 10.7. The minimum Gasteiger partial charge on any atom is -0.299 e. The zero-order chi connectivity index (χ0) is 9.84. The van der Waals surface area contributed by atoms with Crippen LogP contribution >= 0.6 is 34.8 Å². The summed E-state index contributed by atoms with van der Waals surface area (Å²) in [5.41, 5.74) is 0.558. The molecule has 4 heteroatoms. The predicted molar refractivity (Wildman–Crippen MR) is 56.6 cm³/mol. The minimum absolute atomic E-state index is 0.354. The molecule has 0 fully saturated rings. The van der Waals surface area contributed by atoms with E-state index < -0.39 is 0 Å². The summed E-state index contributed by atoms with van der Waals surface area (Å²) < 4.78 is 0. The molecule has 1 rings (SSSR count). The summed E-state index contributed by atoms with van der Waals surface area (Å²) >= 11 is 17.4. The zero-order valence-electron chi connectivity index (χ0n) is 6.43. The Labute approximate surface area is 90.9 Å². The lowest BCUT2D eigenvalue weighted by Gasteiger charge is -2.02. The highest BCUT2D eigenvalue weighted by atomic mass is 35.5. The highest BCUT2D eigenvalue weighted by Gasteiger charge is 2.05. The van der Waals surface area contributed by atoms with E-state index in [-0.39, 0.29) is 0 Å². The zero-order valence-corrected chi connectivity index (χ0v) is 8.70. The van der Waals surface area contributed by atoms with Gasteiger partial charge in [-0.1, -0.05) is 34.8 Å². The molecule has 0 aliphatic rings. The second-order valence-corrected chi connectivity index (χ2v) is 3.44. The van der Waals surface area contributed by atoms with Gasteiger partial charge in [0.2, 0.25) is 0 Å². The van der Waals surface area contributed by atoms with E-state index in [1.807, 2.05) is 0 Å². The molecule has 0 aromatic heterocycles. The van der Waals surface area contributed by atoms with Crippen molar-refractivity contribution in [1.29, 1.82) is 0 Å². The van der Waals surface area contributed by atoms with Crippen molar-refractivity contribution in [3.05, 3.63) is 38.8 Å². The fourth-order valence-electron chi connectivity index (χ4n) is 0.831. The smallest absolute Gasteiger partial charge is 0.142 e. The molecule has 0 spiro atoms. The third kappa shape index (κ3) is 2.47. The van der Waals surface area contributed by atoms with E-state index in [0.29, 0.717) is 26.9 Å². The first kappa shape index (κ1) is 10.6. The molecule has 0 saturated carbocycles. The van der Waals surface area contributed by atoms with Crippen LogP contribution in [0.3, 0.4) is 0 Å². The van der Waals surface area contributed by atoms with Gasteiger partial charge >= 0.3 is 0 Å². The van der Waals surface area contributed by atoms with Gasteiger partial charge in [0, 0.05) is 10.6 Å². The molecular formula is C9H5Cl3O. The van der Waals surface area contributed by atoms with Crippen molar-refractivity contribution in [1.82, 2.24) is 0 Å². The average molecular weight is 235 g/mol. The molecule has 0 radical (unpaired) electrons. The van der Waals surface area contributed by atoms with Crippen molar-refractivity contribution in [3.63, 3.8) is 0 Å². The Bertz CT molecular complexity index is 358. The number of hydrogen-bond acceptors (Lipinski definition) is 1. The van der Waals surface area contributed by atoms with Crippen molar-refractivity contribution in [3.8, 4) is 0 Å². The van der Waals surface area contributed by atoms with Crippen molar-refractivity contribution < 1.29 is 4.79 Å². The van der Waals surface area contributed by atoms with E-state index in [9.17, 15) is 4.79 Å². The van der Waals surface area contributed by atoms with Crippen molar-refractivity contribution in [2.45, 2.75) is 0 Å². The average Bonchev–Trinajstić information content (AvgIpc) is 2.12. The van der Waals surface area contributed by atoms with Gasteiger partial charge in [-0.3, -0.25) is 4.79 Å². The molecule has 0 aliphatic carbocycles. The molecule has 0 N–H and O–H groups in total. The second kappa shape index (κ2) is 4.66. The number of rotatable bonds is 2. The maximum Gasteiger partial charge on any atom is 0.142 e. The van der Waals surface area contributed by atoms with Gasteiger partial charge in [0.05, 0.1) is 10.0 Å². The Kier molecular flexibility index (Phi) is 3.79. The van der Waals surface area contributed by atoms with E-state index in [4.69, 9.17) is 34.8 Å². The predicted octanol–water partition coefficient (Wildman–Crippen LogP) is 3.86. The number of aldehydes is 1. The van der Waals surface area contributed by atoms with E-state index in [2.05, 4.69) is 0 Å².